The van der Waals surface area contributed by atoms with Crippen LogP contribution in [-0.2, 0) is 4.79 Å². The first-order valence-electron chi connectivity index (χ1n) is 10.8. The average molecular weight is 473 g/mol. The number of nitrogens with one attached hydrogen (secondary N) is 2. The van der Waals surface area contributed by atoms with Crippen LogP contribution in [0.5, 0.6) is 5.75 Å². The van der Waals surface area contributed by atoms with Gasteiger partial charge in [-0.25, -0.2) is 9.18 Å². The second-order valence-corrected chi connectivity index (χ2v) is 8.75. The predicted octanol–water partition coefficient (Wildman–Crippen LogP) is 4.63. The molecular weight excluding hydrogens is 447 g/mol. The summed E-state index contributed by atoms with van der Waals surface area (Å²) in [6.45, 7) is 0. The first kappa shape index (κ1) is 22.9. The minimum absolute atomic E-state index is 0.0818. The van der Waals surface area contributed by atoms with Crippen molar-refractivity contribution in [2.24, 2.45) is 5.73 Å². The highest BCUT2D eigenvalue weighted by Gasteiger charge is 2.42. The molecule has 4 N–H and O–H groups in total. The summed E-state index contributed by atoms with van der Waals surface area (Å²) in [4.78, 5) is 26.4. The van der Waals surface area contributed by atoms with Gasteiger partial charge in [0.25, 0.3) is 0 Å². The van der Waals surface area contributed by atoms with Gasteiger partial charge in [0.1, 0.15) is 11.6 Å². The summed E-state index contributed by atoms with van der Waals surface area (Å²) in [6, 6.07) is 9.30. The minimum Gasteiger partial charge on any atom is -0.495 e. The molecule has 33 heavy (non-hydrogen) atoms. The molecule has 2 bridgehead atoms. The average Bonchev–Trinajstić information content (AvgIpc) is 3.04. The number of amides is 3. The van der Waals surface area contributed by atoms with E-state index in [1.54, 1.807) is 24.3 Å². The van der Waals surface area contributed by atoms with Gasteiger partial charge in [-0.2, -0.15) is 0 Å². The maximum Gasteiger partial charge on any atom is 0.316 e. The molecule has 2 aromatic carbocycles. The Balaban J connectivity index is 1.46. The lowest BCUT2D eigenvalue weighted by molar-refractivity contribution is -0.130. The van der Waals surface area contributed by atoms with Gasteiger partial charge in [-0.1, -0.05) is 11.6 Å². The highest BCUT2D eigenvalue weighted by Crippen LogP contribution is 2.37. The number of urea groups is 1. The van der Waals surface area contributed by atoms with Gasteiger partial charge in [-0.3, -0.25) is 4.79 Å². The largest absolute Gasteiger partial charge is 0.495 e. The number of hydrogen-bond acceptors (Lipinski definition) is 4. The van der Waals surface area contributed by atoms with E-state index in [2.05, 4.69) is 10.6 Å². The smallest absolute Gasteiger partial charge is 0.316 e. The number of nitrogens with zero attached hydrogens (tertiary/aromatic N) is 1. The summed E-state index contributed by atoms with van der Waals surface area (Å²) in [5.74, 6) is 0.0773. The topological polar surface area (TPSA) is 96.7 Å². The third kappa shape index (κ3) is 5.22. The van der Waals surface area contributed by atoms with Crippen molar-refractivity contribution in [1.29, 1.82) is 0 Å². The number of ether oxygens (including phenoxy) is 1. The Morgan fingerprint density at radius 1 is 1.18 bits per heavy atom. The lowest BCUT2D eigenvalue weighted by Gasteiger charge is -2.39. The van der Waals surface area contributed by atoms with Crippen LogP contribution in [0.2, 0.25) is 5.02 Å². The molecule has 2 fully saturated rings. The van der Waals surface area contributed by atoms with Crippen molar-refractivity contribution >= 4 is 41.0 Å². The summed E-state index contributed by atoms with van der Waals surface area (Å²) in [5.41, 5.74) is 7.09. The van der Waals surface area contributed by atoms with Crippen LogP contribution in [0.4, 0.5) is 20.6 Å². The van der Waals surface area contributed by atoms with E-state index in [1.165, 1.54) is 31.4 Å². The molecule has 2 aromatic rings. The molecule has 0 aromatic heterocycles. The van der Waals surface area contributed by atoms with Gasteiger partial charge in [-0.15, -0.1) is 0 Å². The number of piperidine rings is 1. The molecule has 2 saturated heterocycles. The van der Waals surface area contributed by atoms with E-state index in [0.717, 1.165) is 31.4 Å². The van der Waals surface area contributed by atoms with Crippen LogP contribution in [0.15, 0.2) is 42.5 Å². The van der Waals surface area contributed by atoms with Gasteiger partial charge >= 0.3 is 6.03 Å². The first-order chi connectivity index (χ1) is 15.8. The monoisotopic (exact) mass is 472 g/mol. The lowest BCUT2D eigenvalue weighted by atomic mass is 9.96. The zero-order chi connectivity index (χ0) is 23.5. The Labute approximate surface area is 196 Å². The third-order valence-corrected chi connectivity index (χ3v) is 6.49. The van der Waals surface area contributed by atoms with E-state index in [-0.39, 0.29) is 29.8 Å². The number of anilines is 2. The Morgan fingerprint density at radius 3 is 2.45 bits per heavy atom. The molecule has 0 aliphatic carbocycles. The zero-order valence-corrected chi connectivity index (χ0v) is 18.9. The molecule has 174 valence electrons. The number of nitrogens with two attached hydrogens (primary N) is 1. The Bertz CT molecular complexity index is 1060. The van der Waals surface area contributed by atoms with E-state index in [9.17, 15) is 14.0 Å². The number of methoxy groups -OCH3 is 1. The summed E-state index contributed by atoms with van der Waals surface area (Å²) in [6.07, 6.45) is 6.71. The van der Waals surface area contributed by atoms with Crippen molar-refractivity contribution in [2.45, 2.75) is 43.8 Å². The molecular formula is C24H26ClFN4O3. The van der Waals surface area contributed by atoms with Gasteiger partial charge in [-0.05, 0) is 68.2 Å². The number of primary amides is 1. The maximum atomic E-state index is 13.2. The molecule has 2 aliphatic rings. The number of hydrogen-bond donors (Lipinski definition) is 3. The summed E-state index contributed by atoms with van der Waals surface area (Å²) in [5, 5.41) is 6.31. The van der Waals surface area contributed by atoms with Crippen molar-refractivity contribution in [2.75, 3.05) is 17.7 Å². The maximum absolute atomic E-state index is 13.2. The van der Waals surface area contributed by atoms with Gasteiger partial charge in [0.05, 0.1) is 17.8 Å². The molecule has 0 radical (unpaired) electrons. The summed E-state index contributed by atoms with van der Waals surface area (Å²) >= 11 is 6.15. The zero-order valence-electron chi connectivity index (χ0n) is 18.2. The second kappa shape index (κ2) is 9.70. The number of benzene rings is 2. The molecule has 2 aliphatic heterocycles. The number of rotatable bonds is 6. The molecule has 0 saturated carbocycles. The fourth-order valence-corrected chi connectivity index (χ4v) is 5.03. The van der Waals surface area contributed by atoms with Gasteiger partial charge in [0.2, 0.25) is 5.91 Å². The van der Waals surface area contributed by atoms with Crippen LogP contribution in [0.1, 0.15) is 31.2 Å². The highest BCUT2D eigenvalue weighted by atomic mass is 35.5. The summed E-state index contributed by atoms with van der Waals surface area (Å²) < 4.78 is 18.4. The second-order valence-electron chi connectivity index (χ2n) is 8.35. The van der Waals surface area contributed by atoms with Gasteiger partial charge in [0, 0.05) is 35.5 Å². The molecule has 3 amide bonds. The number of halogens is 2. The molecule has 7 nitrogen and oxygen atoms in total. The fraction of sp³-hybridized carbons (Fsp3) is 0.333. The van der Waals surface area contributed by atoms with E-state index in [0.29, 0.717) is 22.0 Å². The van der Waals surface area contributed by atoms with E-state index >= 15 is 0 Å². The molecule has 3 atom stereocenters. The van der Waals surface area contributed by atoms with Crippen LogP contribution in [0.3, 0.4) is 0 Å². The Hall–Kier alpha value is -3.26. The lowest BCUT2D eigenvalue weighted by Crippen LogP contribution is -2.49. The van der Waals surface area contributed by atoms with Crippen LogP contribution < -0.4 is 21.1 Å². The predicted molar refractivity (Wildman–Crippen MR) is 127 cm³/mol. The van der Waals surface area contributed by atoms with Crippen molar-refractivity contribution < 1.29 is 18.7 Å². The van der Waals surface area contributed by atoms with Crippen molar-refractivity contribution in [3.63, 3.8) is 0 Å². The van der Waals surface area contributed by atoms with Crippen molar-refractivity contribution in [3.05, 3.63) is 58.9 Å². The number of carbonyl (C=O) groups is 2. The minimum atomic E-state index is -0.731. The van der Waals surface area contributed by atoms with Crippen LogP contribution in [0, 0.1) is 5.82 Å². The Kier molecular flexibility index (Phi) is 6.74. The van der Waals surface area contributed by atoms with Crippen molar-refractivity contribution in [3.8, 4) is 5.75 Å². The van der Waals surface area contributed by atoms with Crippen LogP contribution in [0.25, 0.3) is 6.08 Å². The SMILES string of the molecule is COc1cc(C=CC(=O)N2[C@@H]3CC[C@H]2C[C@@H](Nc2ccc(F)cc2)C3)c(NC(N)=O)cc1Cl. The fourth-order valence-electron chi connectivity index (χ4n) is 4.79. The quantitative estimate of drug-likeness (QED) is 0.534. The van der Waals surface area contributed by atoms with Crippen LogP contribution in [-0.4, -0.2) is 42.1 Å². The van der Waals surface area contributed by atoms with Crippen LogP contribution >= 0.6 is 11.6 Å². The van der Waals surface area contributed by atoms with E-state index in [1.807, 2.05) is 4.90 Å². The first-order valence-corrected chi connectivity index (χ1v) is 11.2. The normalized spacial score (nSPS) is 21.8. The van der Waals surface area contributed by atoms with Crippen molar-refractivity contribution in [1.82, 2.24) is 4.90 Å². The molecule has 0 spiro atoms. The molecule has 2 heterocycles. The van der Waals surface area contributed by atoms with E-state index in [4.69, 9.17) is 22.1 Å². The Morgan fingerprint density at radius 2 is 1.85 bits per heavy atom. The highest BCUT2D eigenvalue weighted by molar-refractivity contribution is 6.32. The standard InChI is InChI=1S/C24H26ClFN4O3/c1-33-22-10-14(21(13-20(22)25)29-24(27)32)2-9-23(31)30-18-7-8-19(30)12-17(11-18)28-16-5-3-15(26)4-6-16/h2-6,9-10,13,17-19,28H,7-8,11-12H2,1H3,(H3,27,29,32)/t17-,18+,19-. The number of fused-ring (bicyclic) bond motifs is 2. The third-order valence-electron chi connectivity index (χ3n) is 6.19. The number of carbonyl (C=O) groups excluding carboxylic acids is 2. The molecule has 4 rings (SSSR count). The molecule has 0 unspecified atom stereocenters. The van der Waals surface area contributed by atoms with Gasteiger partial charge in [0.15, 0.2) is 0 Å². The molecule has 9 heteroatoms. The van der Waals surface area contributed by atoms with Gasteiger partial charge < -0.3 is 26.0 Å². The summed E-state index contributed by atoms with van der Waals surface area (Å²) in [7, 11) is 1.49. The van der Waals surface area contributed by atoms with E-state index < -0.39 is 6.03 Å².